The fourth-order valence-corrected chi connectivity index (χ4v) is 3.45. The van der Waals surface area contributed by atoms with Crippen LogP contribution in [0, 0.1) is 6.92 Å². The van der Waals surface area contributed by atoms with Gasteiger partial charge < -0.3 is 5.32 Å². The molecule has 0 unspecified atom stereocenters. The Hall–Kier alpha value is -2.41. The highest BCUT2D eigenvalue weighted by Gasteiger charge is 2.17. The highest BCUT2D eigenvalue weighted by molar-refractivity contribution is 7.17. The first-order valence-corrected chi connectivity index (χ1v) is 9.11. The molecule has 0 aliphatic rings. The minimum Gasteiger partial charge on any atom is -0.321 e. The number of aromatic nitrogens is 1. The molecule has 1 heterocycles. The third-order valence-corrected chi connectivity index (χ3v) is 4.93. The number of benzene rings is 2. The zero-order valence-corrected chi connectivity index (χ0v) is 15.9. The fourth-order valence-electron chi connectivity index (χ4n) is 2.21. The molecule has 2 aromatic carbocycles. The summed E-state index contributed by atoms with van der Waals surface area (Å²) >= 11 is 12.9. The van der Waals surface area contributed by atoms with E-state index in [1.807, 2.05) is 0 Å². The molecule has 3 rings (SSSR count). The normalized spacial score (nSPS) is 10.4. The first kappa shape index (κ1) is 18.4. The molecule has 1 aromatic heterocycles. The number of hydrogen-bond acceptors (Lipinski definition) is 4. The number of carbonyl (C=O) groups excluding carboxylic acids is 2. The lowest BCUT2D eigenvalue weighted by atomic mass is 10.2. The van der Waals surface area contributed by atoms with Crippen LogP contribution in [0.3, 0.4) is 0 Å². The van der Waals surface area contributed by atoms with E-state index in [9.17, 15) is 9.59 Å². The number of carbonyl (C=O) groups is 2. The van der Waals surface area contributed by atoms with Crippen LogP contribution in [0.1, 0.15) is 25.7 Å². The Morgan fingerprint density at radius 1 is 0.962 bits per heavy atom. The van der Waals surface area contributed by atoms with Gasteiger partial charge in [-0.1, -0.05) is 46.7 Å². The molecule has 0 fully saturated rings. The van der Waals surface area contributed by atoms with Crippen molar-refractivity contribution in [1.29, 1.82) is 0 Å². The molecule has 132 valence electrons. The molecule has 26 heavy (non-hydrogen) atoms. The summed E-state index contributed by atoms with van der Waals surface area (Å²) < 4.78 is 0. The summed E-state index contributed by atoms with van der Waals surface area (Å²) in [6.07, 6.45) is 0. The van der Waals surface area contributed by atoms with E-state index in [0.717, 1.165) is 11.3 Å². The third-order valence-electron chi connectivity index (χ3n) is 3.39. The Labute approximate surface area is 164 Å². The molecule has 0 saturated heterocycles. The van der Waals surface area contributed by atoms with Gasteiger partial charge >= 0.3 is 0 Å². The molecule has 0 atom stereocenters. The summed E-state index contributed by atoms with van der Waals surface area (Å²) in [6.45, 7) is 1.71. The third kappa shape index (κ3) is 4.40. The fraction of sp³-hybridized carbons (Fsp3) is 0.0556. The number of hydrogen-bond donors (Lipinski definition) is 2. The summed E-state index contributed by atoms with van der Waals surface area (Å²) in [5.74, 6) is -0.659. The maximum absolute atomic E-state index is 12.4. The van der Waals surface area contributed by atoms with Crippen molar-refractivity contribution < 1.29 is 9.59 Å². The first-order chi connectivity index (χ1) is 12.4. The first-order valence-electron chi connectivity index (χ1n) is 7.53. The van der Waals surface area contributed by atoms with Crippen LogP contribution in [0.4, 0.5) is 10.8 Å². The van der Waals surface area contributed by atoms with Gasteiger partial charge in [-0.3, -0.25) is 14.9 Å². The average Bonchev–Trinajstić information content (AvgIpc) is 2.95. The summed E-state index contributed by atoms with van der Waals surface area (Å²) in [5.41, 5.74) is 1.52. The maximum atomic E-state index is 12.4. The van der Waals surface area contributed by atoms with Crippen LogP contribution in [0.25, 0.3) is 0 Å². The molecule has 2 N–H and O–H groups in total. The second kappa shape index (κ2) is 7.86. The second-order valence-electron chi connectivity index (χ2n) is 5.36. The molecule has 0 bridgehead atoms. The van der Waals surface area contributed by atoms with Crippen LogP contribution in [0.5, 0.6) is 0 Å². The van der Waals surface area contributed by atoms with Crippen molar-refractivity contribution in [1.82, 2.24) is 4.98 Å². The Bertz CT molecular complexity index is 988. The van der Waals surface area contributed by atoms with Crippen LogP contribution in [-0.2, 0) is 0 Å². The molecule has 0 radical (unpaired) electrons. The lowest BCUT2D eigenvalue weighted by molar-refractivity contribution is 0.102. The number of nitrogens with one attached hydrogen (secondary N) is 2. The number of aryl methyl sites for hydroxylation is 1. The van der Waals surface area contributed by atoms with Crippen molar-refractivity contribution in [2.75, 3.05) is 10.6 Å². The van der Waals surface area contributed by atoms with Gasteiger partial charge in [0, 0.05) is 21.3 Å². The van der Waals surface area contributed by atoms with Gasteiger partial charge in [0.1, 0.15) is 4.88 Å². The SMILES string of the molecule is Cc1nc(NC(=O)c2cccc(Cl)c2)sc1C(=O)Nc1cccc(Cl)c1. The minimum absolute atomic E-state index is 0.314. The summed E-state index contributed by atoms with van der Waals surface area (Å²) in [5, 5.41) is 6.78. The standard InChI is InChI=1S/C18H13Cl2N3O2S/c1-10-15(17(25)22-14-7-3-6-13(20)9-14)26-18(21-10)23-16(24)11-4-2-5-12(19)8-11/h2-9H,1H3,(H,22,25)(H,21,23,24). The molecule has 3 aromatic rings. The second-order valence-corrected chi connectivity index (χ2v) is 7.23. The zero-order chi connectivity index (χ0) is 18.7. The van der Waals surface area contributed by atoms with Crippen molar-refractivity contribution in [2.45, 2.75) is 6.92 Å². The Morgan fingerprint density at radius 3 is 2.35 bits per heavy atom. The molecule has 0 spiro atoms. The number of anilines is 2. The van der Waals surface area contributed by atoms with Crippen molar-refractivity contribution >= 4 is 57.2 Å². The monoisotopic (exact) mass is 405 g/mol. The summed E-state index contributed by atoms with van der Waals surface area (Å²) in [6, 6.07) is 13.4. The van der Waals surface area contributed by atoms with Gasteiger partial charge in [-0.15, -0.1) is 0 Å². The van der Waals surface area contributed by atoms with Crippen molar-refractivity contribution in [3.8, 4) is 0 Å². The largest absolute Gasteiger partial charge is 0.321 e. The van der Waals surface area contributed by atoms with Gasteiger partial charge in [0.2, 0.25) is 0 Å². The average molecular weight is 406 g/mol. The smallest absolute Gasteiger partial charge is 0.267 e. The Balaban J connectivity index is 1.74. The van der Waals surface area contributed by atoms with Crippen LogP contribution in [0.2, 0.25) is 10.0 Å². The van der Waals surface area contributed by atoms with Gasteiger partial charge in [0.15, 0.2) is 5.13 Å². The number of amides is 2. The quantitative estimate of drug-likeness (QED) is 0.621. The van der Waals surface area contributed by atoms with Crippen molar-refractivity contribution in [2.24, 2.45) is 0 Å². The molecule has 0 aliphatic heterocycles. The van der Waals surface area contributed by atoms with Crippen molar-refractivity contribution in [3.63, 3.8) is 0 Å². The highest BCUT2D eigenvalue weighted by atomic mass is 35.5. The van der Waals surface area contributed by atoms with Gasteiger partial charge in [0.25, 0.3) is 11.8 Å². The number of nitrogens with zero attached hydrogens (tertiary/aromatic N) is 1. The van der Waals surface area contributed by atoms with Crippen LogP contribution < -0.4 is 10.6 Å². The number of thiazole rings is 1. The summed E-state index contributed by atoms with van der Waals surface area (Å²) in [4.78, 5) is 29.4. The van der Waals surface area contributed by atoms with E-state index in [4.69, 9.17) is 23.2 Å². The van der Waals surface area contributed by atoms with E-state index in [-0.39, 0.29) is 11.8 Å². The summed E-state index contributed by atoms with van der Waals surface area (Å²) in [7, 11) is 0. The lowest BCUT2D eigenvalue weighted by Crippen LogP contribution is -2.11. The van der Waals surface area contributed by atoms with Crippen molar-refractivity contribution in [3.05, 3.63) is 74.7 Å². The molecule has 8 heteroatoms. The van der Waals surface area contributed by atoms with E-state index in [2.05, 4.69) is 15.6 Å². The van der Waals surface area contributed by atoms with Gasteiger partial charge in [-0.25, -0.2) is 4.98 Å². The highest BCUT2D eigenvalue weighted by Crippen LogP contribution is 2.25. The number of halogens is 2. The van der Waals surface area contributed by atoms with Crippen LogP contribution >= 0.6 is 34.5 Å². The molecule has 0 aliphatic carbocycles. The molecular weight excluding hydrogens is 393 g/mol. The van der Waals surface area contributed by atoms with Gasteiger partial charge in [0.05, 0.1) is 5.69 Å². The molecule has 5 nitrogen and oxygen atoms in total. The topological polar surface area (TPSA) is 71.1 Å². The van der Waals surface area contributed by atoms with E-state index < -0.39 is 0 Å². The maximum Gasteiger partial charge on any atom is 0.267 e. The minimum atomic E-state index is -0.344. The van der Waals surface area contributed by atoms with E-state index in [1.165, 1.54) is 0 Å². The van der Waals surface area contributed by atoms with Crippen LogP contribution in [0.15, 0.2) is 48.5 Å². The van der Waals surface area contributed by atoms with Gasteiger partial charge in [-0.05, 0) is 43.3 Å². The zero-order valence-electron chi connectivity index (χ0n) is 13.5. The predicted octanol–water partition coefficient (Wildman–Crippen LogP) is 5.26. The molecule has 2 amide bonds. The van der Waals surface area contributed by atoms with E-state index >= 15 is 0 Å². The predicted molar refractivity (Wildman–Crippen MR) is 106 cm³/mol. The molecule has 0 saturated carbocycles. The van der Waals surface area contributed by atoms with E-state index in [1.54, 1.807) is 55.5 Å². The molecular formula is C18H13Cl2N3O2S. The Kier molecular flexibility index (Phi) is 5.56. The van der Waals surface area contributed by atoms with Gasteiger partial charge in [-0.2, -0.15) is 0 Å². The lowest BCUT2D eigenvalue weighted by Gasteiger charge is -2.04. The van der Waals surface area contributed by atoms with Crippen LogP contribution in [-0.4, -0.2) is 16.8 Å². The number of rotatable bonds is 4. The van der Waals surface area contributed by atoms with E-state index in [0.29, 0.717) is 37.0 Å². The Morgan fingerprint density at radius 2 is 1.65 bits per heavy atom.